The molecule has 0 aliphatic rings. The molecular weight excluding hydrogens is 392 g/mol. The molecule has 3 rings (SSSR count). The largest absolute Gasteiger partial charge is 0.491 e. The van der Waals surface area contributed by atoms with Gasteiger partial charge in [-0.15, -0.1) is 0 Å². The molecule has 0 spiro atoms. The number of rotatable bonds is 9. The maximum Gasteiger partial charge on any atom is 0.149 e. The predicted molar refractivity (Wildman–Crippen MR) is 111 cm³/mol. The molecule has 1 heterocycles. The third-order valence-corrected chi connectivity index (χ3v) is 4.03. The summed E-state index contributed by atoms with van der Waals surface area (Å²) >= 11 is 0. The molecule has 0 aliphatic heterocycles. The Kier molecular flexibility index (Phi) is 7.10. The highest BCUT2D eigenvalue weighted by molar-refractivity contribution is 5.63. The zero-order valence-electron chi connectivity index (χ0n) is 16.6. The summed E-state index contributed by atoms with van der Waals surface area (Å²) in [5, 5.41) is 15.6. The van der Waals surface area contributed by atoms with Crippen LogP contribution in [0, 0.1) is 11.6 Å². The van der Waals surface area contributed by atoms with Crippen LogP contribution < -0.4 is 15.4 Å². The lowest BCUT2D eigenvalue weighted by Gasteiger charge is -2.16. The number of nitrogens with one attached hydrogen (secondary N) is 2. The van der Waals surface area contributed by atoms with Crippen LogP contribution in [0.2, 0.25) is 0 Å². The van der Waals surface area contributed by atoms with Gasteiger partial charge in [-0.2, -0.15) is 0 Å². The van der Waals surface area contributed by atoms with E-state index in [1.54, 1.807) is 24.3 Å². The van der Waals surface area contributed by atoms with Crippen molar-refractivity contribution in [3.63, 3.8) is 0 Å². The third-order valence-electron chi connectivity index (χ3n) is 4.03. The van der Waals surface area contributed by atoms with Crippen LogP contribution in [0.15, 0.2) is 54.9 Å². The van der Waals surface area contributed by atoms with E-state index in [2.05, 4.69) is 20.6 Å². The van der Waals surface area contributed by atoms with E-state index in [1.807, 2.05) is 19.0 Å². The second-order valence-corrected chi connectivity index (χ2v) is 6.89. The number of halogens is 2. The quantitative estimate of drug-likeness (QED) is 0.493. The molecular formula is C21H23F2N5O2. The predicted octanol–water partition coefficient (Wildman–Crippen LogP) is 3.54. The maximum absolute atomic E-state index is 13.8. The van der Waals surface area contributed by atoms with Gasteiger partial charge in [0.25, 0.3) is 0 Å². The zero-order valence-corrected chi connectivity index (χ0v) is 16.6. The number of aromatic nitrogens is 2. The Morgan fingerprint density at radius 2 is 1.63 bits per heavy atom. The fourth-order valence-corrected chi connectivity index (χ4v) is 2.69. The molecule has 30 heavy (non-hydrogen) atoms. The number of aliphatic hydroxyl groups excluding tert-OH is 1. The summed E-state index contributed by atoms with van der Waals surface area (Å²) in [6.07, 6.45) is 0.705. The average molecular weight is 415 g/mol. The highest BCUT2D eigenvalue weighted by Gasteiger charge is 2.10. The number of ether oxygens (including phenoxy) is 1. The second-order valence-electron chi connectivity index (χ2n) is 6.89. The number of hydrogen-bond acceptors (Lipinski definition) is 7. The summed E-state index contributed by atoms with van der Waals surface area (Å²) < 4.78 is 33.2. The Morgan fingerprint density at radius 3 is 2.27 bits per heavy atom. The van der Waals surface area contributed by atoms with Crippen LogP contribution in [0.1, 0.15) is 0 Å². The lowest BCUT2D eigenvalue weighted by Crippen LogP contribution is -2.30. The van der Waals surface area contributed by atoms with Gasteiger partial charge in [-0.3, -0.25) is 0 Å². The van der Waals surface area contributed by atoms with Crippen molar-refractivity contribution < 1.29 is 18.6 Å². The SMILES string of the molecule is CN(C)C[C@H](O)COc1ccc(Nc2cc(Nc3c(F)cccc3F)ncn2)cc1. The van der Waals surface area contributed by atoms with Gasteiger partial charge in [0.1, 0.15) is 53.7 Å². The van der Waals surface area contributed by atoms with Gasteiger partial charge >= 0.3 is 0 Å². The van der Waals surface area contributed by atoms with E-state index in [9.17, 15) is 13.9 Å². The Hall–Kier alpha value is -3.30. The van der Waals surface area contributed by atoms with Crippen molar-refractivity contribution in [3.8, 4) is 5.75 Å². The minimum Gasteiger partial charge on any atom is -0.491 e. The minimum atomic E-state index is -0.714. The van der Waals surface area contributed by atoms with E-state index >= 15 is 0 Å². The summed E-state index contributed by atoms with van der Waals surface area (Å²) in [6, 6.07) is 12.3. The molecule has 1 aromatic heterocycles. The van der Waals surface area contributed by atoms with Crippen LogP contribution in [0.25, 0.3) is 0 Å². The number of nitrogens with zero attached hydrogens (tertiary/aromatic N) is 3. The Bertz CT molecular complexity index is 950. The van der Waals surface area contributed by atoms with E-state index in [1.165, 1.54) is 18.5 Å². The number of aliphatic hydroxyl groups is 1. The first-order valence-corrected chi connectivity index (χ1v) is 9.26. The molecule has 0 fully saturated rings. The summed E-state index contributed by atoms with van der Waals surface area (Å²) in [5.74, 6) is -0.118. The Balaban J connectivity index is 1.61. The summed E-state index contributed by atoms with van der Waals surface area (Å²) in [6.45, 7) is 0.707. The van der Waals surface area contributed by atoms with Crippen molar-refractivity contribution >= 4 is 23.0 Å². The number of likely N-dealkylation sites (N-methyl/N-ethyl adjacent to an activating group) is 1. The topological polar surface area (TPSA) is 82.5 Å². The highest BCUT2D eigenvalue weighted by atomic mass is 19.1. The van der Waals surface area contributed by atoms with Gasteiger partial charge in [-0.25, -0.2) is 18.7 Å². The van der Waals surface area contributed by atoms with Crippen LogP contribution in [-0.4, -0.2) is 53.3 Å². The molecule has 0 saturated heterocycles. The lowest BCUT2D eigenvalue weighted by atomic mass is 10.3. The minimum absolute atomic E-state index is 0.193. The molecule has 0 bridgehead atoms. The van der Waals surface area contributed by atoms with Crippen LogP contribution in [-0.2, 0) is 0 Å². The van der Waals surface area contributed by atoms with Crippen molar-refractivity contribution in [2.45, 2.75) is 6.10 Å². The molecule has 0 radical (unpaired) electrons. The number of hydrogen-bond donors (Lipinski definition) is 3. The Labute approximate surface area is 173 Å². The van der Waals surface area contributed by atoms with Crippen LogP contribution >= 0.6 is 0 Å². The first-order valence-electron chi connectivity index (χ1n) is 9.26. The van der Waals surface area contributed by atoms with E-state index in [4.69, 9.17) is 4.74 Å². The van der Waals surface area contributed by atoms with Gasteiger partial charge in [0.05, 0.1) is 0 Å². The first kappa shape index (κ1) is 21.4. The molecule has 3 aromatic rings. The highest BCUT2D eigenvalue weighted by Crippen LogP contribution is 2.24. The van der Waals surface area contributed by atoms with Crippen molar-refractivity contribution in [2.75, 3.05) is 37.9 Å². The van der Waals surface area contributed by atoms with E-state index in [0.717, 1.165) is 17.8 Å². The van der Waals surface area contributed by atoms with Gasteiger partial charge < -0.3 is 25.4 Å². The Morgan fingerprint density at radius 1 is 1.00 bits per heavy atom. The maximum atomic E-state index is 13.8. The number of benzene rings is 2. The molecule has 0 aliphatic carbocycles. The van der Waals surface area contributed by atoms with Crippen molar-refractivity contribution in [1.82, 2.24) is 14.9 Å². The van der Waals surface area contributed by atoms with Crippen molar-refractivity contribution in [2.24, 2.45) is 0 Å². The van der Waals surface area contributed by atoms with E-state index in [0.29, 0.717) is 18.1 Å². The summed E-state index contributed by atoms with van der Waals surface area (Å²) in [4.78, 5) is 9.98. The van der Waals surface area contributed by atoms with Crippen molar-refractivity contribution in [1.29, 1.82) is 0 Å². The fourth-order valence-electron chi connectivity index (χ4n) is 2.69. The van der Waals surface area contributed by atoms with Crippen LogP contribution in [0.4, 0.5) is 31.8 Å². The molecule has 0 saturated carbocycles. The first-order chi connectivity index (χ1) is 14.4. The van der Waals surface area contributed by atoms with Gasteiger partial charge in [0.15, 0.2) is 0 Å². The molecule has 158 valence electrons. The standard InChI is InChI=1S/C21H23F2N5O2/c1-28(2)11-15(29)12-30-16-8-6-14(7-9-16)26-19-10-20(25-13-24-19)27-21-17(22)4-3-5-18(21)23/h3-10,13,15,29H,11-12H2,1-2H3,(H2,24,25,26,27)/t15-/m0/s1. The molecule has 0 unspecified atom stereocenters. The van der Waals surface area contributed by atoms with Gasteiger partial charge in [0, 0.05) is 18.3 Å². The fraction of sp³-hybridized carbons (Fsp3) is 0.238. The number of anilines is 4. The molecule has 3 N–H and O–H groups in total. The average Bonchev–Trinajstić information content (AvgIpc) is 2.70. The van der Waals surface area contributed by atoms with Gasteiger partial charge in [-0.1, -0.05) is 6.07 Å². The second kappa shape index (κ2) is 9.95. The molecule has 1 atom stereocenters. The molecule has 9 heteroatoms. The zero-order chi connectivity index (χ0) is 21.5. The summed E-state index contributed by atoms with van der Waals surface area (Å²) in [5.41, 5.74) is 0.456. The van der Waals surface area contributed by atoms with E-state index in [-0.39, 0.29) is 18.1 Å². The van der Waals surface area contributed by atoms with Gasteiger partial charge in [-0.05, 0) is 50.5 Å². The lowest BCUT2D eigenvalue weighted by molar-refractivity contribution is 0.0831. The molecule has 0 amide bonds. The van der Waals surface area contributed by atoms with E-state index < -0.39 is 17.7 Å². The van der Waals surface area contributed by atoms with Crippen LogP contribution in [0.5, 0.6) is 5.75 Å². The van der Waals surface area contributed by atoms with Crippen molar-refractivity contribution in [3.05, 3.63) is 66.5 Å². The normalized spacial score (nSPS) is 11.9. The molecule has 7 nitrogen and oxygen atoms in total. The number of para-hydroxylation sites is 1. The third kappa shape index (κ3) is 6.10. The van der Waals surface area contributed by atoms with Gasteiger partial charge in [0.2, 0.25) is 0 Å². The monoisotopic (exact) mass is 415 g/mol. The smallest absolute Gasteiger partial charge is 0.149 e. The molecule has 2 aromatic carbocycles. The van der Waals surface area contributed by atoms with Crippen LogP contribution in [0.3, 0.4) is 0 Å². The summed E-state index contributed by atoms with van der Waals surface area (Å²) in [7, 11) is 3.76.